The van der Waals surface area contributed by atoms with Crippen LogP contribution in [-0.4, -0.2) is 17.2 Å². The maximum atomic E-state index is 10.3. The first kappa shape index (κ1) is 8.11. The number of rotatable bonds is 2. The van der Waals surface area contributed by atoms with Crippen molar-refractivity contribution in [2.75, 3.05) is 0 Å². The summed E-state index contributed by atoms with van der Waals surface area (Å²) in [7, 11) is 0. The first-order valence-corrected chi connectivity index (χ1v) is 3.81. The van der Waals surface area contributed by atoms with E-state index in [2.05, 4.69) is 0 Å². The number of carbonyl (C=O) groups is 1. The topological polar surface area (TPSA) is 46.5 Å². The van der Waals surface area contributed by atoms with Crippen molar-refractivity contribution in [1.29, 1.82) is 0 Å². The molecule has 0 aromatic heterocycles. The van der Waals surface area contributed by atoms with Crippen LogP contribution in [0.4, 0.5) is 0 Å². The van der Waals surface area contributed by atoms with Gasteiger partial charge in [-0.25, -0.2) is 0 Å². The molecular weight excluding hydrogens is 144 g/mol. The van der Waals surface area contributed by atoms with Crippen LogP contribution in [-0.2, 0) is 9.53 Å². The predicted octanol–water partition coefficient (Wildman–Crippen LogP) is 1.54. The smallest absolute Gasteiger partial charge is 0.307 e. The molecule has 0 amide bonds. The number of aliphatic carboxylic acids is 1. The Morgan fingerprint density at radius 1 is 1.73 bits per heavy atom. The Balaban J connectivity index is 2.32. The van der Waals surface area contributed by atoms with Crippen molar-refractivity contribution >= 4 is 5.97 Å². The normalized spacial score (nSPS) is 23.8. The highest BCUT2D eigenvalue weighted by Gasteiger charge is 2.13. The quantitative estimate of drug-likeness (QED) is 0.659. The van der Waals surface area contributed by atoms with Crippen molar-refractivity contribution in [2.24, 2.45) is 0 Å². The summed E-state index contributed by atoms with van der Waals surface area (Å²) in [6, 6.07) is 0. The van der Waals surface area contributed by atoms with Gasteiger partial charge < -0.3 is 9.84 Å². The summed E-state index contributed by atoms with van der Waals surface area (Å²) >= 11 is 0. The number of carboxylic acid groups (broad SMARTS) is 1. The van der Waals surface area contributed by atoms with Crippen molar-refractivity contribution in [2.45, 2.75) is 31.8 Å². The third-order valence-electron chi connectivity index (χ3n) is 1.67. The van der Waals surface area contributed by atoms with Crippen LogP contribution >= 0.6 is 0 Å². The molecule has 3 heteroatoms. The van der Waals surface area contributed by atoms with E-state index in [1.807, 2.05) is 6.08 Å². The number of allylic oxidation sites excluding steroid dienone is 1. The lowest BCUT2D eigenvalue weighted by Crippen LogP contribution is -2.14. The lowest BCUT2D eigenvalue weighted by Gasteiger charge is -2.10. The Kier molecular flexibility index (Phi) is 2.95. The molecule has 0 fully saturated rings. The predicted molar refractivity (Wildman–Crippen MR) is 40.1 cm³/mol. The first-order chi connectivity index (χ1) is 5.29. The number of hydrogen-bond acceptors (Lipinski definition) is 2. The molecule has 0 bridgehead atoms. The molecule has 0 saturated carbocycles. The Morgan fingerprint density at radius 3 is 3.27 bits per heavy atom. The Hall–Kier alpha value is -0.990. The van der Waals surface area contributed by atoms with Crippen molar-refractivity contribution in [1.82, 2.24) is 0 Å². The van der Waals surface area contributed by atoms with Gasteiger partial charge in [-0.05, 0) is 25.3 Å². The highest BCUT2D eigenvalue weighted by molar-refractivity contribution is 5.67. The largest absolute Gasteiger partial charge is 0.498 e. The van der Waals surface area contributed by atoms with Gasteiger partial charge in [0, 0.05) is 0 Å². The molecule has 1 atom stereocenters. The second-order valence-corrected chi connectivity index (χ2v) is 2.66. The van der Waals surface area contributed by atoms with Crippen LogP contribution in [0.25, 0.3) is 0 Å². The number of ether oxygens (including phenoxy) is 1. The van der Waals surface area contributed by atoms with E-state index in [4.69, 9.17) is 9.84 Å². The summed E-state index contributed by atoms with van der Waals surface area (Å²) in [5, 5.41) is 8.45. The van der Waals surface area contributed by atoms with E-state index in [0.29, 0.717) is 0 Å². The molecule has 1 heterocycles. The van der Waals surface area contributed by atoms with E-state index in [1.54, 1.807) is 6.26 Å². The minimum absolute atomic E-state index is 0.115. The zero-order valence-electron chi connectivity index (χ0n) is 6.32. The van der Waals surface area contributed by atoms with Crippen molar-refractivity contribution < 1.29 is 14.6 Å². The van der Waals surface area contributed by atoms with Crippen LogP contribution in [0.15, 0.2) is 12.3 Å². The average molecular weight is 156 g/mol. The van der Waals surface area contributed by atoms with Gasteiger partial charge in [-0.15, -0.1) is 0 Å². The fourth-order valence-corrected chi connectivity index (χ4v) is 1.11. The second-order valence-electron chi connectivity index (χ2n) is 2.66. The fourth-order valence-electron chi connectivity index (χ4n) is 1.11. The summed E-state index contributed by atoms with van der Waals surface area (Å²) in [6.45, 7) is 0. The molecular formula is C8H12O3. The maximum absolute atomic E-state index is 10.3. The number of hydrogen-bond donors (Lipinski definition) is 1. The SMILES string of the molecule is O=C(O)CC1CCCC=CO1. The molecule has 0 radical (unpaired) electrons. The first-order valence-electron chi connectivity index (χ1n) is 3.81. The molecule has 0 aromatic carbocycles. The lowest BCUT2D eigenvalue weighted by atomic mass is 10.1. The van der Waals surface area contributed by atoms with Gasteiger partial charge in [0.25, 0.3) is 0 Å². The van der Waals surface area contributed by atoms with Crippen LogP contribution in [0.1, 0.15) is 25.7 Å². The molecule has 1 aliphatic rings. The lowest BCUT2D eigenvalue weighted by molar-refractivity contribution is -0.139. The van der Waals surface area contributed by atoms with Crippen molar-refractivity contribution in [3.63, 3.8) is 0 Å². The molecule has 1 N–H and O–H groups in total. The summed E-state index contributed by atoms with van der Waals surface area (Å²) < 4.78 is 5.15. The minimum Gasteiger partial charge on any atom is -0.498 e. The molecule has 62 valence electrons. The van der Waals surface area contributed by atoms with Crippen molar-refractivity contribution in [3.05, 3.63) is 12.3 Å². The molecule has 0 saturated heterocycles. The summed E-state index contributed by atoms with van der Waals surface area (Å²) in [4.78, 5) is 10.3. The van der Waals surface area contributed by atoms with E-state index in [-0.39, 0.29) is 12.5 Å². The average Bonchev–Trinajstić information content (AvgIpc) is 2.14. The third kappa shape index (κ3) is 3.07. The summed E-state index contributed by atoms with van der Waals surface area (Å²) in [6.07, 6.45) is 6.41. The Bertz CT molecular complexity index is 163. The van der Waals surface area contributed by atoms with Crippen LogP contribution in [0.3, 0.4) is 0 Å². The molecule has 1 rings (SSSR count). The van der Waals surface area contributed by atoms with Crippen LogP contribution < -0.4 is 0 Å². The molecule has 0 spiro atoms. The molecule has 1 aliphatic heterocycles. The van der Waals surface area contributed by atoms with Gasteiger partial charge in [0.1, 0.15) is 6.10 Å². The minimum atomic E-state index is -0.787. The van der Waals surface area contributed by atoms with Gasteiger partial charge in [-0.3, -0.25) is 4.79 Å². The van der Waals surface area contributed by atoms with E-state index < -0.39 is 5.97 Å². The van der Waals surface area contributed by atoms with Gasteiger partial charge in [0.05, 0.1) is 12.7 Å². The fraction of sp³-hybridized carbons (Fsp3) is 0.625. The maximum Gasteiger partial charge on any atom is 0.307 e. The molecule has 0 aliphatic carbocycles. The zero-order valence-corrected chi connectivity index (χ0v) is 6.32. The van der Waals surface area contributed by atoms with Gasteiger partial charge in [-0.2, -0.15) is 0 Å². The molecule has 3 nitrogen and oxygen atoms in total. The zero-order chi connectivity index (χ0) is 8.10. The molecule has 0 aromatic rings. The van der Waals surface area contributed by atoms with Crippen LogP contribution in [0.5, 0.6) is 0 Å². The highest BCUT2D eigenvalue weighted by atomic mass is 16.5. The third-order valence-corrected chi connectivity index (χ3v) is 1.67. The molecule has 11 heavy (non-hydrogen) atoms. The van der Waals surface area contributed by atoms with Crippen molar-refractivity contribution in [3.8, 4) is 0 Å². The second kappa shape index (κ2) is 4.01. The van der Waals surface area contributed by atoms with Gasteiger partial charge >= 0.3 is 5.97 Å². The van der Waals surface area contributed by atoms with E-state index in [1.165, 1.54) is 0 Å². The van der Waals surface area contributed by atoms with E-state index in [0.717, 1.165) is 19.3 Å². The summed E-state index contributed by atoms with van der Waals surface area (Å²) in [5.74, 6) is -0.787. The van der Waals surface area contributed by atoms with E-state index in [9.17, 15) is 4.79 Å². The van der Waals surface area contributed by atoms with Crippen LogP contribution in [0, 0.1) is 0 Å². The standard InChI is InChI=1S/C8H12O3/c9-8(10)6-7-4-2-1-3-5-11-7/h3,5,7H,1-2,4,6H2,(H,9,10). The Morgan fingerprint density at radius 2 is 2.55 bits per heavy atom. The van der Waals surface area contributed by atoms with Gasteiger partial charge in [-0.1, -0.05) is 0 Å². The Labute approximate surface area is 65.7 Å². The van der Waals surface area contributed by atoms with E-state index >= 15 is 0 Å². The van der Waals surface area contributed by atoms with Gasteiger partial charge in [0.15, 0.2) is 0 Å². The highest BCUT2D eigenvalue weighted by Crippen LogP contribution is 2.13. The monoisotopic (exact) mass is 156 g/mol. The molecule has 1 unspecified atom stereocenters. The van der Waals surface area contributed by atoms with Crippen LogP contribution in [0.2, 0.25) is 0 Å². The summed E-state index contributed by atoms with van der Waals surface area (Å²) in [5.41, 5.74) is 0. The van der Waals surface area contributed by atoms with Gasteiger partial charge in [0.2, 0.25) is 0 Å². The number of carboxylic acids is 1.